The fourth-order valence-corrected chi connectivity index (χ4v) is 2.64. The summed E-state index contributed by atoms with van der Waals surface area (Å²) in [5.41, 5.74) is 3.56. The van der Waals surface area contributed by atoms with Gasteiger partial charge in [-0.05, 0) is 49.4 Å². The second kappa shape index (κ2) is 6.74. The summed E-state index contributed by atoms with van der Waals surface area (Å²) >= 11 is 0. The molecule has 2 atom stereocenters. The monoisotopic (exact) mass is 270 g/mol. The quantitative estimate of drug-likeness (QED) is 0.783. The maximum atomic E-state index is 4.51. The second-order valence-electron chi connectivity index (χ2n) is 5.83. The first-order valence-electron chi connectivity index (χ1n) is 7.76. The molecule has 0 bridgehead atoms. The minimum Gasteiger partial charge on any atom is -0.382 e. The highest BCUT2D eigenvalue weighted by Gasteiger charge is 2.12. The second-order valence-corrected chi connectivity index (χ2v) is 5.83. The molecule has 0 aliphatic rings. The lowest BCUT2D eigenvalue weighted by atomic mass is 9.97. The van der Waals surface area contributed by atoms with Gasteiger partial charge in [-0.2, -0.15) is 0 Å². The van der Waals surface area contributed by atoms with Crippen LogP contribution in [-0.4, -0.2) is 11.0 Å². The van der Waals surface area contributed by atoms with Crippen LogP contribution in [0, 0.1) is 12.8 Å². The summed E-state index contributed by atoms with van der Waals surface area (Å²) in [4.78, 5) is 4.51. The van der Waals surface area contributed by atoms with Crippen molar-refractivity contribution in [1.29, 1.82) is 0 Å². The Morgan fingerprint density at radius 1 is 1.15 bits per heavy atom. The van der Waals surface area contributed by atoms with E-state index in [1.807, 2.05) is 12.3 Å². The van der Waals surface area contributed by atoms with E-state index in [2.05, 4.69) is 56.2 Å². The molecule has 0 aliphatic carbocycles. The number of hydrogen-bond acceptors (Lipinski definition) is 2. The third-order valence-electron chi connectivity index (χ3n) is 4.21. The Morgan fingerprint density at radius 3 is 2.65 bits per heavy atom. The van der Waals surface area contributed by atoms with E-state index in [1.165, 1.54) is 29.5 Å². The topological polar surface area (TPSA) is 24.9 Å². The molecule has 2 rings (SSSR count). The van der Waals surface area contributed by atoms with Gasteiger partial charge in [0, 0.05) is 23.3 Å². The van der Waals surface area contributed by atoms with Crippen LogP contribution in [0.4, 0.5) is 5.69 Å². The van der Waals surface area contributed by atoms with E-state index in [4.69, 9.17) is 0 Å². The van der Waals surface area contributed by atoms with Crippen molar-refractivity contribution in [2.45, 2.75) is 53.0 Å². The van der Waals surface area contributed by atoms with Gasteiger partial charge < -0.3 is 5.32 Å². The van der Waals surface area contributed by atoms with E-state index in [1.54, 1.807) is 0 Å². The number of benzene rings is 1. The summed E-state index contributed by atoms with van der Waals surface area (Å²) in [6.07, 6.45) is 5.49. The minimum absolute atomic E-state index is 0.538. The van der Waals surface area contributed by atoms with Gasteiger partial charge in [0.05, 0.1) is 5.52 Å². The van der Waals surface area contributed by atoms with Crippen LogP contribution in [-0.2, 0) is 0 Å². The van der Waals surface area contributed by atoms with Crippen LogP contribution in [0.3, 0.4) is 0 Å². The summed E-state index contributed by atoms with van der Waals surface area (Å²) < 4.78 is 0. The van der Waals surface area contributed by atoms with Crippen LogP contribution in [0.2, 0.25) is 0 Å². The number of nitrogens with one attached hydrogen (secondary N) is 1. The molecule has 1 N–H and O–H groups in total. The Labute approximate surface area is 122 Å². The van der Waals surface area contributed by atoms with E-state index in [9.17, 15) is 0 Å². The number of hydrogen-bond donors (Lipinski definition) is 1. The number of aromatic nitrogens is 1. The highest BCUT2D eigenvalue weighted by molar-refractivity contribution is 5.93. The summed E-state index contributed by atoms with van der Waals surface area (Å²) in [7, 11) is 0. The predicted octanol–water partition coefficient (Wildman–Crippen LogP) is 5.17. The first kappa shape index (κ1) is 14.8. The summed E-state index contributed by atoms with van der Waals surface area (Å²) in [5, 5.41) is 4.96. The van der Waals surface area contributed by atoms with Crippen LogP contribution >= 0.6 is 0 Å². The molecule has 2 nitrogen and oxygen atoms in total. The van der Waals surface area contributed by atoms with Crippen molar-refractivity contribution in [3.63, 3.8) is 0 Å². The first-order valence-corrected chi connectivity index (χ1v) is 7.76. The highest BCUT2D eigenvalue weighted by atomic mass is 14.9. The van der Waals surface area contributed by atoms with Gasteiger partial charge in [-0.25, -0.2) is 0 Å². The largest absolute Gasteiger partial charge is 0.382 e. The number of fused-ring (bicyclic) bond motifs is 1. The van der Waals surface area contributed by atoms with Gasteiger partial charge >= 0.3 is 0 Å². The average molecular weight is 270 g/mol. The minimum atomic E-state index is 0.538. The Morgan fingerprint density at radius 2 is 1.95 bits per heavy atom. The molecule has 1 aromatic heterocycles. The number of anilines is 1. The van der Waals surface area contributed by atoms with Gasteiger partial charge in [0.25, 0.3) is 0 Å². The van der Waals surface area contributed by atoms with E-state index >= 15 is 0 Å². The fourth-order valence-electron chi connectivity index (χ4n) is 2.64. The van der Waals surface area contributed by atoms with Crippen molar-refractivity contribution in [2.24, 2.45) is 5.92 Å². The molecular formula is C18H26N2. The molecule has 0 saturated heterocycles. The Balaban J connectivity index is 2.26. The van der Waals surface area contributed by atoms with Crippen LogP contribution in [0.25, 0.3) is 10.9 Å². The Hall–Kier alpha value is -1.57. The van der Waals surface area contributed by atoms with Crippen LogP contribution in [0.15, 0.2) is 30.5 Å². The average Bonchev–Trinajstić information content (AvgIpc) is 2.49. The van der Waals surface area contributed by atoms with Crippen LogP contribution in [0.1, 0.15) is 45.6 Å². The van der Waals surface area contributed by atoms with Crippen molar-refractivity contribution in [1.82, 2.24) is 4.98 Å². The molecule has 0 radical (unpaired) electrons. The van der Waals surface area contributed by atoms with Crippen LogP contribution in [0.5, 0.6) is 0 Å². The first-order chi connectivity index (χ1) is 9.65. The van der Waals surface area contributed by atoms with E-state index in [0.717, 1.165) is 17.9 Å². The molecule has 2 heteroatoms. The maximum absolute atomic E-state index is 4.51. The molecule has 0 amide bonds. The zero-order valence-electron chi connectivity index (χ0n) is 13.1. The van der Waals surface area contributed by atoms with Gasteiger partial charge in [0.1, 0.15) is 0 Å². The molecule has 2 unspecified atom stereocenters. The molecule has 1 heterocycles. The number of aryl methyl sites for hydroxylation is 1. The third-order valence-corrected chi connectivity index (χ3v) is 4.21. The van der Waals surface area contributed by atoms with Crippen molar-refractivity contribution >= 4 is 16.6 Å². The molecule has 0 fully saturated rings. The van der Waals surface area contributed by atoms with Crippen molar-refractivity contribution in [3.8, 4) is 0 Å². The zero-order chi connectivity index (χ0) is 14.5. The van der Waals surface area contributed by atoms with Gasteiger partial charge in [0.2, 0.25) is 0 Å². The van der Waals surface area contributed by atoms with Gasteiger partial charge in [-0.3, -0.25) is 4.98 Å². The molecule has 108 valence electrons. The summed E-state index contributed by atoms with van der Waals surface area (Å²) in [5.74, 6) is 0.766. The summed E-state index contributed by atoms with van der Waals surface area (Å²) in [6.45, 7) is 8.98. The lowest BCUT2D eigenvalue weighted by Gasteiger charge is -2.22. The lowest BCUT2D eigenvalue weighted by molar-refractivity contribution is 0.462. The third kappa shape index (κ3) is 3.30. The van der Waals surface area contributed by atoms with Crippen molar-refractivity contribution < 1.29 is 0 Å². The van der Waals surface area contributed by atoms with Gasteiger partial charge in [-0.1, -0.05) is 33.3 Å². The molecule has 20 heavy (non-hydrogen) atoms. The van der Waals surface area contributed by atoms with Crippen molar-refractivity contribution in [3.05, 3.63) is 36.0 Å². The van der Waals surface area contributed by atoms with E-state index in [0.29, 0.717) is 6.04 Å². The van der Waals surface area contributed by atoms with Gasteiger partial charge in [0.15, 0.2) is 0 Å². The fraction of sp³-hybridized carbons (Fsp3) is 0.500. The van der Waals surface area contributed by atoms with E-state index in [-0.39, 0.29) is 0 Å². The highest BCUT2D eigenvalue weighted by Crippen LogP contribution is 2.26. The lowest BCUT2D eigenvalue weighted by Crippen LogP contribution is -2.21. The normalized spacial score (nSPS) is 14.2. The van der Waals surface area contributed by atoms with Crippen LogP contribution < -0.4 is 5.32 Å². The number of rotatable bonds is 6. The summed E-state index contributed by atoms with van der Waals surface area (Å²) in [6, 6.07) is 9.07. The van der Waals surface area contributed by atoms with E-state index < -0.39 is 0 Å². The number of pyridine rings is 1. The Bertz CT molecular complexity index is 562. The SMILES string of the molecule is CCC(C)CC(CC)Nc1ccc(C)c2ncccc12. The molecule has 2 aromatic rings. The zero-order valence-corrected chi connectivity index (χ0v) is 13.1. The smallest absolute Gasteiger partial charge is 0.0751 e. The molecular weight excluding hydrogens is 244 g/mol. The standard InChI is InChI=1S/C18H26N2/c1-5-13(3)12-15(6-2)20-17-10-9-14(4)18-16(17)8-7-11-19-18/h7-11,13,15,20H,5-6,12H2,1-4H3. The van der Waals surface area contributed by atoms with Crippen molar-refractivity contribution in [2.75, 3.05) is 5.32 Å². The molecule has 0 saturated carbocycles. The number of nitrogens with zero attached hydrogens (tertiary/aromatic N) is 1. The predicted molar refractivity (Wildman–Crippen MR) is 88.3 cm³/mol. The van der Waals surface area contributed by atoms with Gasteiger partial charge in [-0.15, -0.1) is 0 Å². The molecule has 0 spiro atoms. The molecule has 0 aliphatic heterocycles. The maximum Gasteiger partial charge on any atom is 0.0751 e. The molecule has 1 aromatic carbocycles. The Kier molecular flexibility index (Phi) is 4.99.